The summed E-state index contributed by atoms with van der Waals surface area (Å²) < 4.78 is 5.18. The van der Waals surface area contributed by atoms with Crippen molar-refractivity contribution in [1.29, 1.82) is 0 Å². The van der Waals surface area contributed by atoms with E-state index in [9.17, 15) is 14.4 Å². The van der Waals surface area contributed by atoms with Gasteiger partial charge in [-0.3, -0.25) is 14.9 Å². The van der Waals surface area contributed by atoms with Crippen molar-refractivity contribution in [2.45, 2.75) is 51.1 Å². The van der Waals surface area contributed by atoms with Crippen molar-refractivity contribution in [3.63, 3.8) is 0 Å². The van der Waals surface area contributed by atoms with Crippen LogP contribution in [0.2, 0.25) is 0 Å². The largest absolute Gasteiger partial charge is 0.497 e. The molecule has 1 saturated carbocycles. The van der Waals surface area contributed by atoms with E-state index in [4.69, 9.17) is 4.74 Å². The van der Waals surface area contributed by atoms with E-state index in [1.54, 1.807) is 12.0 Å². The average Bonchev–Trinajstić information content (AvgIpc) is 3.58. The lowest BCUT2D eigenvalue weighted by molar-refractivity contribution is -0.136. The number of rotatable bonds is 5. The number of hydrogen-bond acceptors (Lipinski definition) is 6. The molecular formula is C24H29N5O4S. The topological polar surface area (TPSA) is 104 Å². The highest BCUT2D eigenvalue weighted by molar-refractivity contribution is 7.15. The first-order valence-corrected chi connectivity index (χ1v) is 12.6. The Morgan fingerprint density at radius 2 is 1.94 bits per heavy atom. The molecule has 1 aliphatic carbocycles. The summed E-state index contributed by atoms with van der Waals surface area (Å²) in [6, 6.07) is 7.33. The van der Waals surface area contributed by atoms with Gasteiger partial charge in [-0.2, -0.15) is 0 Å². The molecule has 180 valence electrons. The smallest absolute Gasteiger partial charge is 0.321 e. The lowest BCUT2D eigenvalue weighted by Crippen LogP contribution is -2.40. The van der Waals surface area contributed by atoms with E-state index in [1.165, 1.54) is 11.3 Å². The van der Waals surface area contributed by atoms with Gasteiger partial charge < -0.3 is 19.9 Å². The van der Waals surface area contributed by atoms with Crippen LogP contribution < -0.4 is 20.3 Å². The zero-order valence-electron chi connectivity index (χ0n) is 19.2. The molecule has 1 aromatic heterocycles. The van der Waals surface area contributed by atoms with Crippen LogP contribution in [0, 0.1) is 5.92 Å². The first-order chi connectivity index (χ1) is 16.5. The zero-order valence-corrected chi connectivity index (χ0v) is 20.0. The highest BCUT2D eigenvalue weighted by Gasteiger charge is 2.38. The van der Waals surface area contributed by atoms with Gasteiger partial charge in [-0.05, 0) is 37.1 Å². The van der Waals surface area contributed by atoms with Crippen molar-refractivity contribution in [2.75, 3.05) is 30.4 Å². The van der Waals surface area contributed by atoms with Crippen molar-refractivity contribution in [1.82, 2.24) is 15.2 Å². The number of amides is 4. The SMILES string of the molecule is COc1ccc(N2CC(C(=O)N3CCc4nc(NC(=O)NC5CCCC5)sc4C3)CC2=O)cc1. The number of nitrogens with one attached hydrogen (secondary N) is 2. The van der Waals surface area contributed by atoms with Crippen LogP contribution in [0.1, 0.15) is 42.7 Å². The third-order valence-corrected chi connectivity index (χ3v) is 7.81. The molecule has 1 aromatic carbocycles. The van der Waals surface area contributed by atoms with Gasteiger partial charge in [-0.25, -0.2) is 9.78 Å². The molecule has 2 aliphatic heterocycles. The summed E-state index contributed by atoms with van der Waals surface area (Å²) in [7, 11) is 1.60. The number of fused-ring (bicyclic) bond motifs is 1. The van der Waals surface area contributed by atoms with E-state index in [0.717, 1.165) is 47.7 Å². The Labute approximate surface area is 202 Å². The summed E-state index contributed by atoms with van der Waals surface area (Å²) in [6.45, 7) is 1.41. The molecule has 2 aromatic rings. The van der Waals surface area contributed by atoms with E-state index < -0.39 is 0 Å². The normalized spacial score (nSPS) is 20.4. The monoisotopic (exact) mass is 483 g/mol. The van der Waals surface area contributed by atoms with Crippen LogP contribution in [0.3, 0.4) is 0 Å². The maximum atomic E-state index is 13.2. The Bertz CT molecular complexity index is 1080. The molecule has 5 rings (SSSR count). The fraction of sp³-hybridized carbons (Fsp3) is 0.500. The summed E-state index contributed by atoms with van der Waals surface area (Å²) in [5, 5.41) is 6.43. The second-order valence-electron chi connectivity index (χ2n) is 9.08. The van der Waals surface area contributed by atoms with Crippen LogP contribution in [0.15, 0.2) is 24.3 Å². The number of thiazole rings is 1. The Morgan fingerprint density at radius 3 is 2.68 bits per heavy atom. The van der Waals surface area contributed by atoms with Gasteiger partial charge in [0.2, 0.25) is 11.8 Å². The number of methoxy groups -OCH3 is 1. The van der Waals surface area contributed by atoms with Crippen molar-refractivity contribution in [3.8, 4) is 5.75 Å². The van der Waals surface area contributed by atoms with E-state index in [-0.39, 0.29) is 36.2 Å². The van der Waals surface area contributed by atoms with E-state index in [2.05, 4.69) is 15.6 Å². The van der Waals surface area contributed by atoms with Crippen LogP contribution in [0.5, 0.6) is 5.75 Å². The van der Waals surface area contributed by atoms with Crippen molar-refractivity contribution in [2.24, 2.45) is 5.92 Å². The molecule has 1 saturated heterocycles. The third kappa shape index (κ3) is 4.72. The van der Waals surface area contributed by atoms with Crippen LogP contribution >= 0.6 is 11.3 Å². The van der Waals surface area contributed by atoms with Gasteiger partial charge in [0.05, 0.1) is 25.3 Å². The second-order valence-corrected chi connectivity index (χ2v) is 10.2. The predicted octanol–water partition coefficient (Wildman–Crippen LogP) is 3.15. The molecule has 2 N–H and O–H groups in total. The van der Waals surface area contributed by atoms with Crippen molar-refractivity contribution >= 4 is 40.0 Å². The summed E-state index contributed by atoms with van der Waals surface area (Å²) >= 11 is 1.42. The minimum Gasteiger partial charge on any atom is -0.497 e. The van der Waals surface area contributed by atoms with Gasteiger partial charge >= 0.3 is 6.03 Å². The lowest BCUT2D eigenvalue weighted by Gasteiger charge is -2.28. The van der Waals surface area contributed by atoms with E-state index in [1.807, 2.05) is 29.2 Å². The number of benzene rings is 1. The van der Waals surface area contributed by atoms with Gasteiger partial charge in [0.25, 0.3) is 0 Å². The van der Waals surface area contributed by atoms with Crippen LogP contribution in [0.4, 0.5) is 15.6 Å². The number of ether oxygens (including phenoxy) is 1. The molecule has 2 fully saturated rings. The van der Waals surface area contributed by atoms with Crippen molar-refractivity contribution in [3.05, 3.63) is 34.8 Å². The molecule has 10 heteroatoms. The second kappa shape index (κ2) is 9.61. The molecule has 9 nitrogen and oxygen atoms in total. The molecule has 1 unspecified atom stereocenters. The number of anilines is 2. The van der Waals surface area contributed by atoms with E-state index >= 15 is 0 Å². The van der Waals surface area contributed by atoms with Crippen LogP contribution in [-0.4, -0.2) is 54.0 Å². The molecule has 0 spiro atoms. The van der Waals surface area contributed by atoms with E-state index in [0.29, 0.717) is 31.2 Å². The summed E-state index contributed by atoms with van der Waals surface area (Å²) in [5.74, 6) is 0.316. The van der Waals surface area contributed by atoms with Gasteiger partial charge in [0, 0.05) is 42.5 Å². The average molecular weight is 484 g/mol. The third-order valence-electron chi connectivity index (χ3n) is 6.81. The number of carbonyl (C=O) groups excluding carboxylic acids is 3. The molecule has 34 heavy (non-hydrogen) atoms. The highest BCUT2D eigenvalue weighted by Crippen LogP contribution is 2.32. The molecular weight excluding hydrogens is 454 g/mol. The Kier molecular flexibility index (Phi) is 6.40. The van der Waals surface area contributed by atoms with Gasteiger partial charge in [0.1, 0.15) is 5.75 Å². The maximum absolute atomic E-state index is 13.2. The first kappa shape index (κ1) is 22.6. The molecule has 4 amide bonds. The number of urea groups is 1. The summed E-state index contributed by atoms with van der Waals surface area (Å²) in [4.78, 5) is 47.2. The maximum Gasteiger partial charge on any atom is 0.321 e. The number of hydrogen-bond donors (Lipinski definition) is 2. The molecule has 0 bridgehead atoms. The highest BCUT2D eigenvalue weighted by atomic mass is 32.1. The molecule has 1 atom stereocenters. The lowest BCUT2D eigenvalue weighted by atomic mass is 10.1. The fourth-order valence-electron chi connectivity index (χ4n) is 4.97. The molecule has 3 aliphatic rings. The van der Waals surface area contributed by atoms with Crippen molar-refractivity contribution < 1.29 is 19.1 Å². The standard InChI is InChI=1S/C24H29N5O4S/c1-33-18-8-6-17(7-9-18)29-13-15(12-21(29)30)22(31)28-11-10-19-20(14-28)34-24(26-19)27-23(32)25-16-4-2-3-5-16/h6-9,15-16H,2-5,10-14H2,1H3,(H2,25,26,27,32). The number of nitrogens with zero attached hydrogens (tertiary/aromatic N) is 3. The molecule has 0 radical (unpaired) electrons. The minimum absolute atomic E-state index is 0.00287. The minimum atomic E-state index is -0.362. The Hall–Kier alpha value is -3.14. The van der Waals surface area contributed by atoms with Gasteiger partial charge in [-0.15, -0.1) is 0 Å². The Morgan fingerprint density at radius 1 is 1.18 bits per heavy atom. The zero-order chi connectivity index (χ0) is 23.7. The van der Waals surface area contributed by atoms with Gasteiger partial charge in [-0.1, -0.05) is 24.2 Å². The quantitative estimate of drug-likeness (QED) is 0.680. The Balaban J connectivity index is 1.19. The van der Waals surface area contributed by atoms with Gasteiger partial charge in [0.15, 0.2) is 5.13 Å². The van der Waals surface area contributed by atoms with Crippen LogP contribution in [-0.2, 0) is 22.6 Å². The fourth-order valence-corrected chi connectivity index (χ4v) is 5.99. The van der Waals surface area contributed by atoms with Crippen LogP contribution in [0.25, 0.3) is 0 Å². The summed E-state index contributed by atoms with van der Waals surface area (Å²) in [6.07, 6.45) is 5.23. The number of aromatic nitrogens is 1. The first-order valence-electron chi connectivity index (χ1n) is 11.8. The predicted molar refractivity (Wildman–Crippen MR) is 129 cm³/mol. The number of carbonyl (C=O) groups is 3. The summed E-state index contributed by atoms with van der Waals surface area (Å²) in [5.41, 5.74) is 1.71. The molecule has 3 heterocycles.